The van der Waals surface area contributed by atoms with Crippen molar-refractivity contribution < 1.29 is 14.3 Å². The van der Waals surface area contributed by atoms with E-state index in [1.807, 2.05) is 0 Å². The van der Waals surface area contributed by atoms with Crippen LogP contribution < -0.4 is 0 Å². The molecule has 0 radical (unpaired) electrons. The van der Waals surface area contributed by atoms with Crippen LogP contribution in [-0.2, 0) is 14.3 Å². The Hall–Kier alpha value is -0.410. The third-order valence-electron chi connectivity index (χ3n) is 3.14. The van der Waals surface area contributed by atoms with Crippen LogP contribution in [0.3, 0.4) is 0 Å². The predicted octanol–water partition coefficient (Wildman–Crippen LogP) is 3.46. The molecule has 1 rings (SSSR count). The molecular weight excluding hydrogens is 216 g/mol. The summed E-state index contributed by atoms with van der Waals surface area (Å²) in [6.07, 6.45) is 9.64. The zero-order chi connectivity index (χ0) is 12.3. The number of carbonyl (C=O) groups is 1. The average molecular weight is 242 g/mol. The number of Topliss-reactive ketones (excluding diaryl/α,β-unsaturated/α-hetero) is 1. The minimum absolute atomic E-state index is 0.257. The van der Waals surface area contributed by atoms with E-state index in [2.05, 4.69) is 6.92 Å². The Balaban J connectivity index is 1.86. The minimum atomic E-state index is -0.257. The average Bonchev–Trinajstić information content (AvgIpc) is 2.80. The maximum atomic E-state index is 11.6. The van der Waals surface area contributed by atoms with Gasteiger partial charge in [0.2, 0.25) is 0 Å². The Morgan fingerprint density at radius 2 is 1.59 bits per heavy atom. The van der Waals surface area contributed by atoms with Gasteiger partial charge in [-0.15, -0.1) is 0 Å². The fourth-order valence-electron chi connectivity index (χ4n) is 2.09. The summed E-state index contributed by atoms with van der Waals surface area (Å²) in [5, 5.41) is 0. The minimum Gasteiger partial charge on any atom is -0.350 e. The van der Waals surface area contributed by atoms with E-state index in [-0.39, 0.29) is 12.1 Å². The molecular formula is C14H26O3. The summed E-state index contributed by atoms with van der Waals surface area (Å²) in [6.45, 7) is 3.50. The van der Waals surface area contributed by atoms with Crippen LogP contribution in [0, 0.1) is 0 Å². The molecule has 0 atom stereocenters. The summed E-state index contributed by atoms with van der Waals surface area (Å²) >= 11 is 0. The van der Waals surface area contributed by atoms with Crippen molar-refractivity contribution >= 4 is 5.78 Å². The van der Waals surface area contributed by atoms with Crippen LogP contribution in [0.1, 0.15) is 64.7 Å². The van der Waals surface area contributed by atoms with Gasteiger partial charge in [0.25, 0.3) is 0 Å². The second-order valence-electron chi connectivity index (χ2n) is 4.79. The molecule has 3 heteroatoms. The molecule has 0 bridgehead atoms. The summed E-state index contributed by atoms with van der Waals surface area (Å²) in [6, 6.07) is 0. The van der Waals surface area contributed by atoms with E-state index in [1.54, 1.807) is 0 Å². The first kappa shape index (κ1) is 14.7. The molecule has 3 nitrogen and oxygen atoms in total. The van der Waals surface area contributed by atoms with E-state index in [0.717, 1.165) is 6.42 Å². The van der Waals surface area contributed by atoms with Gasteiger partial charge >= 0.3 is 0 Å². The van der Waals surface area contributed by atoms with Crippen molar-refractivity contribution in [2.45, 2.75) is 71.0 Å². The van der Waals surface area contributed by atoms with E-state index in [4.69, 9.17) is 9.47 Å². The number of hydrogen-bond donors (Lipinski definition) is 0. The lowest BCUT2D eigenvalue weighted by Gasteiger charge is -2.07. The summed E-state index contributed by atoms with van der Waals surface area (Å²) in [5.74, 6) is 0.283. The first-order valence-electron chi connectivity index (χ1n) is 7.08. The van der Waals surface area contributed by atoms with Crippen molar-refractivity contribution in [1.82, 2.24) is 0 Å². The molecule has 0 amide bonds. The van der Waals surface area contributed by atoms with E-state index < -0.39 is 0 Å². The number of carbonyl (C=O) groups excluding carboxylic acids is 1. The number of hydrogen-bond acceptors (Lipinski definition) is 3. The molecule has 0 saturated carbocycles. The number of unbranched alkanes of at least 4 members (excludes halogenated alkanes) is 6. The van der Waals surface area contributed by atoms with Crippen LogP contribution in [0.4, 0.5) is 0 Å². The van der Waals surface area contributed by atoms with Gasteiger partial charge in [0.05, 0.1) is 19.6 Å². The molecule has 0 N–H and O–H groups in total. The first-order valence-corrected chi connectivity index (χ1v) is 7.08. The van der Waals surface area contributed by atoms with Gasteiger partial charge in [-0.05, 0) is 6.42 Å². The van der Waals surface area contributed by atoms with Crippen LogP contribution in [-0.4, -0.2) is 25.3 Å². The lowest BCUT2D eigenvalue weighted by atomic mass is 10.1. The van der Waals surface area contributed by atoms with Gasteiger partial charge in [0.15, 0.2) is 6.29 Å². The Labute approximate surface area is 105 Å². The molecule has 0 spiro atoms. The third-order valence-corrected chi connectivity index (χ3v) is 3.14. The summed E-state index contributed by atoms with van der Waals surface area (Å²) in [4.78, 5) is 11.6. The maximum Gasteiger partial charge on any atom is 0.164 e. The van der Waals surface area contributed by atoms with Crippen molar-refractivity contribution in [3.8, 4) is 0 Å². The highest BCUT2D eigenvalue weighted by Crippen LogP contribution is 2.12. The topological polar surface area (TPSA) is 35.5 Å². The fourth-order valence-corrected chi connectivity index (χ4v) is 2.09. The van der Waals surface area contributed by atoms with Crippen molar-refractivity contribution in [2.75, 3.05) is 13.2 Å². The molecule has 0 aromatic rings. The molecule has 0 unspecified atom stereocenters. The molecule has 0 aliphatic carbocycles. The number of ketones is 1. The number of ether oxygens (including phenoxy) is 2. The fraction of sp³-hybridized carbons (Fsp3) is 0.929. The Morgan fingerprint density at radius 1 is 1.00 bits per heavy atom. The molecule has 1 heterocycles. The summed E-state index contributed by atoms with van der Waals surface area (Å²) < 4.78 is 10.5. The zero-order valence-corrected chi connectivity index (χ0v) is 11.1. The summed E-state index contributed by atoms with van der Waals surface area (Å²) in [7, 11) is 0. The molecule has 0 aromatic carbocycles. The second-order valence-corrected chi connectivity index (χ2v) is 4.79. The molecule has 1 aliphatic rings. The lowest BCUT2D eigenvalue weighted by Crippen LogP contribution is -2.14. The summed E-state index contributed by atoms with van der Waals surface area (Å²) in [5.41, 5.74) is 0. The van der Waals surface area contributed by atoms with Crippen molar-refractivity contribution in [3.63, 3.8) is 0 Å². The van der Waals surface area contributed by atoms with E-state index in [0.29, 0.717) is 26.1 Å². The molecule has 1 saturated heterocycles. The molecule has 100 valence electrons. The quantitative estimate of drug-likeness (QED) is 0.550. The largest absolute Gasteiger partial charge is 0.350 e. The van der Waals surface area contributed by atoms with Crippen molar-refractivity contribution in [2.24, 2.45) is 0 Å². The Kier molecular flexibility index (Phi) is 8.28. The predicted molar refractivity (Wildman–Crippen MR) is 67.9 cm³/mol. The van der Waals surface area contributed by atoms with Crippen LogP contribution in [0.15, 0.2) is 0 Å². The van der Waals surface area contributed by atoms with Crippen molar-refractivity contribution in [1.29, 1.82) is 0 Å². The van der Waals surface area contributed by atoms with Gasteiger partial charge in [-0.2, -0.15) is 0 Å². The SMILES string of the molecule is CCCCCCCCCC(=O)CC1OCCO1. The lowest BCUT2D eigenvalue weighted by molar-refractivity contribution is -0.127. The monoisotopic (exact) mass is 242 g/mol. The third kappa shape index (κ3) is 7.50. The van der Waals surface area contributed by atoms with Crippen molar-refractivity contribution in [3.05, 3.63) is 0 Å². The standard InChI is InChI=1S/C14H26O3/c1-2-3-4-5-6-7-8-9-13(15)12-14-16-10-11-17-14/h14H,2-12H2,1H3. The zero-order valence-electron chi connectivity index (χ0n) is 11.1. The molecule has 0 aromatic heterocycles. The van der Waals surface area contributed by atoms with Gasteiger partial charge in [-0.3, -0.25) is 4.79 Å². The van der Waals surface area contributed by atoms with Crippen LogP contribution in [0.2, 0.25) is 0 Å². The highest BCUT2D eigenvalue weighted by molar-refractivity contribution is 5.78. The highest BCUT2D eigenvalue weighted by Gasteiger charge is 2.18. The Bertz CT molecular complexity index is 198. The first-order chi connectivity index (χ1) is 8.33. The van der Waals surface area contributed by atoms with Crippen LogP contribution >= 0.6 is 0 Å². The smallest absolute Gasteiger partial charge is 0.164 e. The van der Waals surface area contributed by atoms with Gasteiger partial charge in [-0.25, -0.2) is 0 Å². The van der Waals surface area contributed by atoms with E-state index >= 15 is 0 Å². The highest BCUT2D eigenvalue weighted by atomic mass is 16.7. The van der Waals surface area contributed by atoms with Crippen LogP contribution in [0.25, 0.3) is 0 Å². The van der Waals surface area contributed by atoms with Gasteiger partial charge < -0.3 is 9.47 Å². The van der Waals surface area contributed by atoms with Gasteiger partial charge in [0, 0.05) is 6.42 Å². The maximum absolute atomic E-state index is 11.6. The second kappa shape index (κ2) is 9.60. The van der Waals surface area contributed by atoms with Crippen LogP contribution in [0.5, 0.6) is 0 Å². The molecule has 1 fully saturated rings. The normalized spacial score (nSPS) is 16.5. The molecule has 1 aliphatic heterocycles. The van der Waals surface area contributed by atoms with E-state index in [1.165, 1.54) is 38.5 Å². The van der Waals surface area contributed by atoms with E-state index in [9.17, 15) is 4.79 Å². The van der Waals surface area contributed by atoms with Gasteiger partial charge in [0.1, 0.15) is 5.78 Å². The molecule has 17 heavy (non-hydrogen) atoms. The van der Waals surface area contributed by atoms with Gasteiger partial charge in [-0.1, -0.05) is 45.4 Å². The Morgan fingerprint density at radius 3 is 2.24 bits per heavy atom. The number of rotatable bonds is 10.